The molecule has 1 fully saturated rings. The van der Waals surface area contributed by atoms with E-state index in [-0.39, 0.29) is 43.3 Å². The average molecular weight is 718 g/mol. The van der Waals surface area contributed by atoms with Gasteiger partial charge in [-0.3, -0.25) is 9.78 Å². The number of sulfonamides is 1. The Morgan fingerprint density at radius 2 is 1.80 bits per heavy atom. The standard InChI is InChI=1S/C38H46FN7O4S.H2/c1-25-11-8-12-26(2)35(25)32-20-34-43-37(42-32)44-51(48,49)31-16-9-14-28(19-31)36(47)46(30(24-50-34)15-10-17-38(4,5)39)23-29-21-40-22-33(41-29)45-18-7-6-13-27(45)3;/h8-9,11-12,14,16,19-22,27,30H,6-7,10,13,15,17-18,23-24H2,1-5H3,(H,42,43,44);1H/t27-,30?;/m1./s1. The van der Waals surface area contributed by atoms with Crippen molar-refractivity contribution in [2.24, 2.45) is 0 Å². The number of aryl methyl sites for hydroxylation is 2. The Kier molecular flexibility index (Phi) is 10.6. The van der Waals surface area contributed by atoms with E-state index in [1.54, 1.807) is 29.4 Å². The zero-order valence-corrected chi connectivity index (χ0v) is 30.7. The molecule has 13 heteroatoms. The van der Waals surface area contributed by atoms with Crippen molar-refractivity contribution >= 4 is 27.7 Å². The smallest absolute Gasteiger partial charge is 0.264 e. The third-order valence-corrected chi connectivity index (χ3v) is 10.9. The predicted octanol–water partition coefficient (Wildman–Crippen LogP) is 7.30. The molecule has 1 unspecified atom stereocenters. The largest absolute Gasteiger partial charge is 0.475 e. The number of alkyl halides is 1. The summed E-state index contributed by atoms with van der Waals surface area (Å²) in [4.78, 5) is 36.8. The number of fused-ring (bicyclic) bond motifs is 4. The minimum absolute atomic E-state index is 0. The van der Waals surface area contributed by atoms with Crippen LogP contribution in [0, 0.1) is 13.8 Å². The molecule has 4 aromatic rings. The van der Waals surface area contributed by atoms with Crippen LogP contribution in [0.15, 0.2) is 65.8 Å². The Morgan fingerprint density at radius 1 is 1.04 bits per heavy atom. The molecule has 1 saturated heterocycles. The first-order valence-corrected chi connectivity index (χ1v) is 19.0. The molecule has 0 radical (unpaired) electrons. The second-order valence-electron chi connectivity index (χ2n) is 14.2. The molecule has 2 aliphatic heterocycles. The van der Waals surface area contributed by atoms with Gasteiger partial charge in [0.1, 0.15) is 18.1 Å². The van der Waals surface area contributed by atoms with E-state index < -0.39 is 27.6 Å². The SMILES string of the molecule is Cc1cccc(C)c1-c1cc2nc(n1)NS(=O)(=O)c1cccc(c1)C(=O)N(Cc1cncc(N3CCCC[C@H]3C)n1)C(CCCC(C)(C)F)CO2.[HH]. The fourth-order valence-corrected chi connectivity index (χ4v) is 7.88. The van der Waals surface area contributed by atoms with Gasteiger partial charge in [0.05, 0.1) is 41.3 Å². The highest BCUT2D eigenvalue weighted by Gasteiger charge is 2.30. The number of amides is 1. The maximum Gasteiger partial charge on any atom is 0.264 e. The van der Waals surface area contributed by atoms with Crippen LogP contribution < -0.4 is 14.4 Å². The lowest BCUT2D eigenvalue weighted by Crippen LogP contribution is -2.44. The number of rotatable bonds is 8. The maximum absolute atomic E-state index is 14.7. The molecule has 2 aromatic heterocycles. The van der Waals surface area contributed by atoms with Crippen LogP contribution in [-0.4, -0.2) is 70.1 Å². The second kappa shape index (κ2) is 14.9. The number of hydrogen-bond donors (Lipinski definition) is 1. The number of anilines is 2. The lowest BCUT2D eigenvalue weighted by Gasteiger charge is -2.35. The molecule has 272 valence electrons. The molecule has 2 aliphatic rings. The van der Waals surface area contributed by atoms with Crippen molar-refractivity contribution in [3.05, 3.63) is 83.3 Å². The van der Waals surface area contributed by atoms with Crippen LogP contribution in [0.1, 0.15) is 87.9 Å². The Balaban J connectivity index is 0.00000523. The van der Waals surface area contributed by atoms with E-state index in [9.17, 15) is 17.6 Å². The fourth-order valence-electron chi connectivity index (χ4n) is 6.89. The topological polar surface area (TPSA) is 131 Å². The van der Waals surface area contributed by atoms with Gasteiger partial charge >= 0.3 is 0 Å². The lowest BCUT2D eigenvalue weighted by atomic mass is 9.99. The zero-order chi connectivity index (χ0) is 36.3. The van der Waals surface area contributed by atoms with Gasteiger partial charge in [0, 0.05) is 31.2 Å². The summed E-state index contributed by atoms with van der Waals surface area (Å²) in [7, 11) is -4.22. The van der Waals surface area contributed by atoms with Crippen molar-refractivity contribution in [2.45, 2.75) is 102 Å². The van der Waals surface area contributed by atoms with Crippen LogP contribution >= 0.6 is 0 Å². The minimum atomic E-state index is -4.22. The van der Waals surface area contributed by atoms with Gasteiger partial charge in [-0.05, 0) is 102 Å². The van der Waals surface area contributed by atoms with Gasteiger partial charge in [0.25, 0.3) is 15.9 Å². The molecule has 0 saturated carbocycles. The van der Waals surface area contributed by atoms with E-state index in [0.717, 1.165) is 48.3 Å². The number of halogens is 1. The minimum Gasteiger partial charge on any atom is -0.475 e. The molecule has 6 rings (SSSR count). The molecule has 1 N–H and O–H groups in total. The van der Waals surface area contributed by atoms with Crippen molar-refractivity contribution < 1.29 is 23.8 Å². The number of aromatic nitrogens is 4. The van der Waals surface area contributed by atoms with E-state index in [2.05, 4.69) is 31.5 Å². The molecule has 1 amide bonds. The summed E-state index contributed by atoms with van der Waals surface area (Å²) in [5, 5.41) is 0. The third-order valence-electron chi connectivity index (χ3n) is 9.59. The average Bonchev–Trinajstić information content (AvgIpc) is 3.08. The monoisotopic (exact) mass is 717 g/mol. The fraction of sp³-hybridized carbons (Fsp3) is 0.447. The number of nitrogens with zero attached hydrogens (tertiary/aromatic N) is 6. The zero-order valence-electron chi connectivity index (χ0n) is 29.9. The highest BCUT2D eigenvalue weighted by Crippen LogP contribution is 2.31. The van der Waals surface area contributed by atoms with Gasteiger partial charge < -0.3 is 14.5 Å². The molecule has 0 aliphatic carbocycles. The summed E-state index contributed by atoms with van der Waals surface area (Å²) < 4.78 is 51.1. The lowest BCUT2D eigenvalue weighted by molar-refractivity contribution is 0.0557. The van der Waals surface area contributed by atoms with Gasteiger partial charge in [-0.15, -0.1) is 0 Å². The summed E-state index contributed by atoms with van der Waals surface area (Å²) in [5.41, 5.74) is 2.56. The van der Waals surface area contributed by atoms with Gasteiger partial charge in [-0.2, -0.15) is 4.98 Å². The summed E-state index contributed by atoms with van der Waals surface area (Å²) in [6, 6.07) is 13.2. The first-order valence-electron chi connectivity index (χ1n) is 17.6. The Bertz CT molecular complexity index is 1990. The van der Waals surface area contributed by atoms with Crippen LogP contribution in [0.3, 0.4) is 0 Å². The van der Waals surface area contributed by atoms with E-state index in [1.165, 1.54) is 32.0 Å². The highest BCUT2D eigenvalue weighted by atomic mass is 32.2. The molecule has 2 aromatic carbocycles. The Morgan fingerprint density at radius 3 is 2.55 bits per heavy atom. The molecule has 11 nitrogen and oxygen atoms in total. The van der Waals surface area contributed by atoms with Gasteiger partial charge in [0.15, 0.2) is 0 Å². The first-order chi connectivity index (χ1) is 24.3. The molecule has 51 heavy (non-hydrogen) atoms. The summed E-state index contributed by atoms with van der Waals surface area (Å²) in [5.74, 6) is 0.312. The number of carbonyl (C=O) groups is 1. The summed E-state index contributed by atoms with van der Waals surface area (Å²) >= 11 is 0. The maximum atomic E-state index is 14.7. The van der Waals surface area contributed by atoms with Gasteiger partial charge in [0.2, 0.25) is 11.8 Å². The molecule has 2 atom stereocenters. The Hall–Kier alpha value is -4.65. The number of ether oxygens (including phenoxy) is 1. The molecule has 0 spiro atoms. The second-order valence-corrected chi connectivity index (χ2v) is 15.9. The first kappa shape index (κ1) is 36.2. The molecular formula is C38H48FN7O4S. The number of benzene rings is 2. The van der Waals surface area contributed by atoms with E-state index in [1.807, 2.05) is 32.0 Å². The van der Waals surface area contributed by atoms with E-state index in [4.69, 9.17) is 9.72 Å². The number of carbonyl (C=O) groups excluding carboxylic acids is 1. The molecule has 4 heterocycles. The quantitative estimate of drug-likeness (QED) is 0.200. The summed E-state index contributed by atoms with van der Waals surface area (Å²) in [6.07, 6.45) is 7.84. The molecular weight excluding hydrogens is 670 g/mol. The van der Waals surface area contributed by atoms with E-state index >= 15 is 0 Å². The number of nitrogens with one attached hydrogen (secondary N) is 1. The van der Waals surface area contributed by atoms with Crippen molar-refractivity contribution in [1.82, 2.24) is 24.8 Å². The van der Waals surface area contributed by atoms with Crippen molar-refractivity contribution in [1.29, 1.82) is 0 Å². The predicted molar refractivity (Wildman–Crippen MR) is 197 cm³/mol. The van der Waals surface area contributed by atoms with Gasteiger partial charge in [-0.25, -0.2) is 27.5 Å². The Labute approximate surface area is 301 Å². The van der Waals surface area contributed by atoms with Crippen LogP contribution in [0.4, 0.5) is 16.2 Å². The normalized spacial score (nSPS) is 19.3. The van der Waals surface area contributed by atoms with Crippen molar-refractivity contribution in [2.75, 3.05) is 22.8 Å². The van der Waals surface area contributed by atoms with Crippen LogP contribution in [0.5, 0.6) is 5.88 Å². The number of hydrogen-bond acceptors (Lipinski definition) is 9. The van der Waals surface area contributed by atoms with Crippen molar-refractivity contribution in [3.8, 4) is 17.1 Å². The molecule has 4 bridgehead atoms. The van der Waals surface area contributed by atoms with Crippen molar-refractivity contribution in [3.63, 3.8) is 0 Å². The third kappa shape index (κ3) is 8.63. The van der Waals surface area contributed by atoms with Crippen LogP contribution in [-0.2, 0) is 16.6 Å². The van der Waals surface area contributed by atoms with Crippen LogP contribution in [0.25, 0.3) is 11.3 Å². The summed E-state index contributed by atoms with van der Waals surface area (Å²) in [6.45, 7) is 10.1. The number of piperidine rings is 1. The van der Waals surface area contributed by atoms with E-state index in [0.29, 0.717) is 30.3 Å². The van der Waals surface area contributed by atoms with Crippen LogP contribution in [0.2, 0.25) is 0 Å². The van der Waals surface area contributed by atoms with Gasteiger partial charge in [-0.1, -0.05) is 24.3 Å². The highest BCUT2D eigenvalue weighted by molar-refractivity contribution is 7.92.